The normalized spacial score (nSPS) is 16.1. The number of methoxy groups -OCH3 is 1. The summed E-state index contributed by atoms with van der Waals surface area (Å²) in [6.45, 7) is 7.93. The van der Waals surface area contributed by atoms with Crippen LogP contribution < -0.4 is 15.8 Å². The fraction of sp³-hybridized carbons (Fsp3) is 0.542. The number of nitrogens with one attached hydrogen (secondary N) is 1. The first-order chi connectivity index (χ1) is 16.5. The Morgan fingerprint density at radius 2 is 1.97 bits per heavy atom. The molecule has 0 saturated carbocycles. The molecule has 3 aromatic rings. The van der Waals surface area contributed by atoms with E-state index in [2.05, 4.69) is 56.3 Å². The van der Waals surface area contributed by atoms with E-state index in [0.29, 0.717) is 24.3 Å². The Bertz CT molecular complexity index is 1090. The van der Waals surface area contributed by atoms with Gasteiger partial charge in [0.1, 0.15) is 16.8 Å². The first-order valence-corrected chi connectivity index (χ1v) is 11.9. The van der Waals surface area contributed by atoms with Crippen LogP contribution in [0.15, 0.2) is 24.4 Å². The summed E-state index contributed by atoms with van der Waals surface area (Å²) in [6, 6.07) is 6.46. The second-order valence-corrected chi connectivity index (χ2v) is 8.95. The molecule has 3 heterocycles. The number of hydrogen-bond donors (Lipinski definition) is 3. The van der Waals surface area contributed by atoms with Gasteiger partial charge in [0.2, 0.25) is 5.95 Å². The number of likely N-dealkylation sites (N-methyl/N-ethyl adjacent to an activating group) is 1. The molecule has 4 rings (SSSR count). The third-order valence-corrected chi connectivity index (χ3v) is 6.48. The SMILES string of the molecule is CC[C@@H](CCO)Nc1nc(N)nc2cnn(Cc3cc(CN4CCN(C)CC4)ccc3OC)c12. The molecule has 0 bridgehead atoms. The topological polar surface area (TPSA) is 118 Å². The summed E-state index contributed by atoms with van der Waals surface area (Å²) in [4.78, 5) is 13.7. The molecule has 4 N–H and O–H groups in total. The summed E-state index contributed by atoms with van der Waals surface area (Å²) < 4.78 is 7.56. The van der Waals surface area contributed by atoms with Gasteiger partial charge in [0.05, 0.1) is 19.9 Å². The van der Waals surface area contributed by atoms with Crippen molar-refractivity contribution in [2.75, 3.05) is 58.0 Å². The third-order valence-electron chi connectivity index (χ3n) is 6.48. The summed E-state index contributed by atoms with van der Waals surface area (Å²) in [5, 5.41) is 17.4. The number of fused-ring (bicyclic) bond motifs is 1. The van der Waals surface area contributed by atoms with Gasteiger partial charge in [-0.15, -0.1) is 0 Å². The lowest BCUT2D eigenvalue weighted by molar-refractivity contribution is 0.148. The van der Waals surface area contributed by atoms with Gasteiger partial charge in [0.25, 0.3) is 0 Å². The minimum atomic E-state index is 0.0762. The van der Waals surface area contributed by atoms with Crippen molar-refractivity contribution in [2.24, 2.45) is 0 Å². The highest BCUT2D eigenvalue weighted by Crippen LogP contribution is 2.27. The Hall–Kier alpha value is -2.95. The quantitative estimate of drug-likeness (QED) is 0.409. The zero-order valence-corrected chi connectivity index (χ0v) is 20.4. The van der Waals surface area contributed by atoms with Crippen molar-refractivity contribution in [1.29, 1.82) is 0 Å². The van der Waals surface area contributed by atoms with Crippen LogP contribution in [0.1, 0.15) is 30.9 Å². The van der Waals surface area contributed by atoms with Gasteiger partial charge < -0.3 is 25.8 Å². The molecule has 2 aromatic heterocycles. The highest BCUT2D eigenvalue weighted by atomic mass is 16.5. The van der Waals surface area contributed by atoms with Crippen LogP contribution in [0.25, 0.3) is 11.0 Å². The first-order valence-electron chi connectivity index (χ1n) is 11.9. The number of rotatable bonds is 10. The number of aromatic nitrogens is 4. The number of nitrogens with two attached hydrogens (primary N) is 1. The van der Waals surface area contributed by atoms with Crippen LogP contribution in [0.5, 0.6) is 5.75 Å². The van der Waals surface area contributed by atoms with Gasteiger partial charge in [-0.1, -0.05) is 13.0 Å². The van der Waals surface area contributed by atoms with Gasteiger partial charge in [-0.2, -0.15) is 10.1 Å². The number of anilines is 2. The fourth-order valence-electron chi connectivity index (χ4n) is 4.44. The predicted octanol–water partition coefficient (Wildman–Crippen LogP) is 1.79. The summed E-state index contributed by atoms with van der Waals surface area (Å²) in [5.74, 6) is 1.65. The molecule has 0 radical (unpaired) electrons. The molecule has 1 aromatic carbocycles. The Morgan fingerprint density at radius 1 is 1.18 bits per heavy atom. The highest BCUT2D eigenvalue weighted by Gasteiger charge is 2.18. The second-order valence-electron chi connectivity index (χ2n) is 8.95. The average molecular weight is 469 g/mol. The number of nitrogens with zero attached hydrogens (tertiary/aromatic N) is 6. The zero-order valence-electron chi connectivity index (χ0n) is 20.4. The Kier molecular flexibility index (Phi) is 7.81. The molecule has 0 aliphatic carbocycles. The lowest BCUT2D eigenvalue weighted by atomic mass is 10.1. The molecule has 1 saturated heterocycles. The minimum Gasteiger partial charge on any atom is -0.496 e. The fourth-order valence-corrected chi connectivity index (χ4v) is 4.44. The summed E-state index contributed by atoms with van der Waals surface area (Å²) in [6.07, 6.45) is 3.19. The van der Waals surface area contributed by atoms with Gasteiger partial charge in [0.15, 0.2) is 5.82 Å². The molecule has 184 valence electrons. The summed E-state index contributed by atoms with van der Waals surface area (Å²) in [5.41, 5.74) is 9.74. The molecule has 0 unspecified atom stereocenters. The minimum absolute atomic E-state index is 0.0762. The van der Waals surface area contributed by atoms with Crippen LogP contribution in [0.2, 0.25) is 0 Å². The van der Waals surface area contributed by atoms with Gasteiger partial charge >= 0.3 is 0 Å². The number of ether oxygens (including phenoxy) is 1. The van der Waals surface area contributed by atoms with Crippen molar-refractivity contribution in [3.63, 3.8) is 0 Å². The molecule has 0 amide bonds. The number of aliphatic hydroxyl groups is 1. The van der Waals surface area contributed by atoms with Crippen molar-refractivity contribution >= 4 is 22.8 Å². The maximum absolute atomic E-state index is 9.40. The van der Waals surface area contributed by atoms with Gasteiger partial charge in [-0.3, -0.25) is 9.58 Å². The zero-order chi connectivity index (χ0) is 24.1. The summed E-state index contributed by atoms with van der Waals surface area (Å²) in [7, 11) is 3.86. The van der Waals surface area contributed by atoms with Crippen molar-refractivity contribution in [3.05, 3.63) is 35.5 Å². The number of nitrogen functional groups attached to an aromatic ring is 1. The van der Waals surface area contributed by atoms with E-state index in [4.69, 9.17) is 10.5 Å². The smallest absolute Gasteiger partial charge is 0.222 e. The van der Waals surface area contributed by atoms with E-state index in [-0.39, 0.29) is 18.6 Å². The number of hydrogen-bond acceptors (Lipinski definition) is 9. The average Bonchev–Trinajstić information content (AvgIpc) is 3.23. The lowest BCUT2D eigenvalue weighted by Gasteiger charge is -2.32. The molecule has 1 aliphatic heterocycles. The maximum Gasteiger partial charge on any atom is 0.222 e. The van der Waals surface area contributed by atoms with E-state index in [9.17, 15) is 5.11 Å². The molecule has 0 spiro atoms. The lowest BCUT2D eigenvalue weighted by Crippen LogP contribution is -2.43. The second kappa shape index (κ2) is 11.0. The van der Waals surface area contributed by atoms with Crippen molar-refractivity contribution in [1.82, 2.24) is 29.5 Å². The Labute approximate surface area is 200 Å². The van der Waals surface area contributed by atoms with Gasteiger partial charge in [0, 0.05) is 50.9 Å². The van der Waals surface area contributed by atoms with Crippen LogP contribution >= 0.6 is 0 Å². The molecule has 10 nitrogen and oxygen atoms in total. The predicted molar refractivity (Wildman–Crippen MR) is 134 cm³/mol. The van der Waals surface area contributed by atoms with Crippen LogP contribution in [0.3, 0.4) is 0 Å². The molecule has 1 fully saturated rings. The largest absolute Gasteiger partial charge is 0.496 e. The monoisotopic (exact) mass is 468 g/mol. The number of benzene rings is 1. The van der Waals surface area contributed by atoms with Gasteiger partial charge in [-0.25, -0.2) is 4.98 Å². The Morgan fingerprint density at radius 3 is 2.68 bits per heavy atom. The Balaban J connectivity index is 1.62. The van der Waals surface area contributed by atoms with Crippen molar-refractivity contribution in [3.8, 4) is 5.75 Å². The van der Waals surface area contributed by atoms with Crippen LogP contribution in [0.4, 0.5) is 11.8 Å². The molecule has 1 atom stereocenters. The third kappa shape index (κ3) is 5.57. The van der Waals surface area contributed by atoms with E-state index in [0.717, 1.165) is 56.0 Å². The van der Waals surface area contributed by atoms with Crippen molar-refractivity contribution in [2.45, 2.75) is 38.9 Å². The molecule has 1 aliphatic rings. The highest BCUT2D eigenvalue weighted by molar-refractivity contribution is 5.86. The summed E-state index contributed by atoms with van der Waals surface area (Å²) >= 11 is 0. The number of aliphatic hydroxyl groups excluding tert-OH is 1. The molecular weight excluding hydrogens is 432 g/mol. The van der Waals surface area contributed by atoms with E-state index >= 15 is 0 Å². The standard InChI is InChI=1S/C24H36N8O2/c1-4-19(7-12-33)27-23-22-20(28-24(25)29-23)14-26-32(22)16-18-13-17(5-6-21(18)34-3)15-31-10-8-30(2)9-11-31/h5-6,13-14,19,33H,4,7-12,15-16H2,1-3H3,(H3,25,27,28,29)/t19-/m0/s1. The number of piperazine rings is 1. The van der Waals surface area contributed by atoms with Crippen LogP contribution in [0, 0.1) is 0 Å². The van der Waals surface area contributed by atoms with Gasteiger partial charge in [-0.05, 0) is 37.6 Å². The van der Waals surface area contributed by atoms with E-state index in [1.165, 1.54) is 5.56 Å². The van der Waals surface area contributed by atoms with E-state index in [1.54, 1.807) is 13.3 Å². The molecule has 34 heavy (non-hydrogen) atoms. The maximum atomic E-state index is 9.40. The first kappa shape index (κ1) is 24.2. The van der Waals surface area contributed by atoms with Crippen LogP contribution in [-0.2, 0) is 13.1 Å². The van der Waals surface area contributed by atoms with E-state index in [1.807, 2.05) is 10.7 Å². The molecular formula is C24H36N8O2. The van der Waals surface area contributed by atoms with E-state index < -0.39 is 0 Å². The van der Waals surface area contributed by atoms with Crippen molar-refractivity contribution < 1.29 is 9.84 Å². The molecule has 10 heteroatoms. The van der Waals surface area contributed by atoms with Crippen LogP contribution in [-0.4, -0.2) is 87.6 Å².